The van der Waals surface area contributed by atoms with Crippen LogP contribution in [-0.4, -0.2) is 50.2 Å². The number of hydrogen-bond acceptors (Lipinski definition) is 8. The molecule has 1 saturated heterocycles. The molecule has 2 amide bonds. The highest BCUT2D eigenvalue weighted by Crippen LogP contribution is 2.44. The van der Waals surface area contributed by atoms with Crippen LogP contribution in [-0.2, 0) is 15.8 Å². The van der Waals surface area contributed by atoms with Crippen LogP contribution in [0.1, 0.15) is 31.8 Å². The summed E-state index contributed by atoms with van der Waals surface area (Å²) in [6, 6.07) is 8.03. The van der Waals surface area contributed by atoms with E-state index in [4.69, 9.17) is 14.3 Å². The summed E-state index contributed by atoms with van der Waals surface area (Å²) in [5, 5.41) is 8.69. The van der Waals surface area contributed by atoms with Gasteiger partial charge < -0.3 is 34.4 Å². The standard InChI is InChI=1S/C28H19F6N3O7/c1-40-20-5-2-12(24-16-10-41-11-23(16)44-37-24)6-15(20)26(39)36-19-9-22-21(42-28(33,34)43-22)8-14(19)25(38)35-13-3-4-18(29)17(7-13)27(30,31)32/h2-9,16,23H,10-11H2,1H3,(H,35,38)(H,36,39). The van der Waals surface area contributed by atoms with Crippen molar-refractivity contribution in [3.05, 3.63) is 76.6 Å². The summed E-state index contributed by atoms with van der Waals surface area (Å²) in [5.41, 5.74) is -1.98. The lowest BCUT2D eigenvalue weighted by atomic mass is 9.93. The van der Waals surface area contributed by atoms with Crippen LogP contribution in [0.2, 0.25) is 0 Å². The molecular weight excluding hydrogens is 604 g/mol. The predicted octanol–water partition coefficient (Wildman–Crippen LogP) is 5.43. The maximum atomic E-state index is 13.8. The lowest BCUT2D eigenvalue weighted by molar-refractivity contribution is -0.286. The topological polar surface area (TPSA) is 117 Å². The zero-order valence-electron chi connectivity index (χ0n) is 22.3. The number of halogens is 6. The van der Waals surface area contributed by atoms with Crippen molar-refractivity contribution < 1.29 is 59.7 Å². The number of methoxy groups -OCH3 is 1. The molecule has 6 rings (SSSR count). The first kappa shape index (κ1) is 29.1. The number of carbonyl (C=O) groups is 2. The molecule has 3 heterocycles. The summed E-state index contributed by atoms with van der Waals surface area (Å²) < 4.78 is 101. The van der Waals surface area contributed by atoms with Crippen LogP contribution in [0, 0.1) is 11.7 Å². The minimum atomic E-state index is -5.07. The van der Waals surface area contributed by atoms with Crippen molar-refractivity contribution in [1.82, 2.24) is 0 Å². The average molecular weight is 623 g/mol. The van der Waals surface area contributed by atoms with Crippen molar-refractivity contribution in [3.63, 3.8) is 0 Å². The van der Waals surface area contributed by atoms with Gasteiger partial charge in [-0.05, 0) is 42.5 Å². The Balaban J connectivity index is 1.33. The molecule has 3 aliphatic rings. The molecule has 230 valence electrons. The fourth-order valence-electron chi connectivity index (χ4n) is 4.89. The largest absolute Gasteiger partial charge is 0.586 e. The Labute approximate surface area is 243 Å². The SMILES string of the molecule is COc1ccc(C2=NOC3COCC23)cc1C(=O)Nc1cc2c(cc1C(=O)Nc1ccc(F)c(C(F)(F)F)c1)OC(F)(F)O2. The molecule has 0 radical (unpaired) electrons. The highest BCUT2D eigenvalue weighted by atomic mass is 19.4. The van der Waals surface area contributed by atoms with E-state index in [2.05, 4.69) is 25.3 Å². The van der Waals surface area contributed by atoms with Gasteiger partial charge in [-0.2, -0.15) is 13.2 Å². The number of nitrogens with one attached hydrogen (secondary N) is 2. The fourth-order valence-corrected chi connectivity index (χ4v) is 4.89. The molecular formula is C28H19F6N3O7. The van der Waals surface area contributed by atoms with Crippen LogP contribution in [0.25, 0.3) is 0 Å². The van der Waals surface area contributed by atoms with Gasteiger partial charge in [0.05, 0.1) is 54.3 Å². The van der Waals surface area contributed by atoms with Crippen LogP contribution in [0.5, 0.6) is 17.2 Å². The first-order valence-corrected chi connectivity index (χ1v) is 12.8. The van der Waals surface area contributed by atoms with Gasteiger partial charge in [0.1, 0.15) is 11.6 Å². The van der Waals surface area contributed by atoms with Crippen LogP contribution in [0.4, 0.5) is 37.7 Å². The molecule has 3 aromatic rings. The van der Waals surface area contributed by atoms with Gasteiger partial charge in [-0.15, -0.1) is 8.78 Å². The molecule has 0 saturated carbocycles. The molecule has 10 nitrogen and oxygen atoms in total. The number of benzene rings is 3. The van der Waals surface area contributed by atoms with Crippen molar-refractivity contribution in [1.29, 1.82) is 0 Å². The normalized spacial score (nSPS) is 19.6. The van der Waals surface area contributed by atoms with Crippen molar-refractivity contribution in [2.45, 2.75) is 18.6 Å². The number of hydrogen-bond donors (Lipinski definition) is 2. The van der Waals surface area contributed by atoms with E-state index in [0.717, 1.165) is 18.2 Å². The highest BCUT2D eigenvalue weighted by Gasteiger charge is 2.44. The molecule has 0 spiro atoms. The predicted molar refractivity (Wildman–Crippen MR) is 139 cm³/mol. The van der Waals surface area contributed by atoms with Gasteiger partial charge in [-0.1, -0.05) is 5.16 Å². The number of anilines is 2. The average Bonchev–Trinajstić information content (AvgIpc) is 3.66. The van der Waals surface area contributed by atoms with Gasteiger partial charge in [0.15, 0.2) is 17.6 Å². The van der Waals surface area contributed by atoms with E-state index in [9.17, 15) is 35.9 Å². The Hall–Kier alpha value is -4.99. The number of oxime groups is 1. The van der Waals surface area contributed by atoms with Gasteiger partial charge in [0.2, 0.25) is 0 Å². The van der Waals surface area contributed by atoms with Gasteiger partial charge in [0, 0.05) is 17.3 Å². The molecule has 16 heteroatoms. The summed E-state index contributed by atoms with van der Waals surface area (Å²) in [6.07, 6.45) is -9.43. The Morgan fingerprint density at radius 1 is 0.955 bits per heavy atom. The Bertz CT molecular complexity index is 1710. The van der Waals surface area contributed by atoms with Crippen molar-refractivity contribution in [3.8, 4) is 17.2 Å². The van der Waals surface area contributed by atoms with E-state index in [1.807, 2.05) is 0 Å². The van der Waals surface area contributed by atoms with Crippen molar-refractivity contribution in [2.24, 2.45) is 11.1 Å². The molecule has 2 N–H and O–H groups in total. The first-order chi connectivity index (χ1) is 20.8. The maximum Gasteiger partial charge on any atom is 0.586 e. The summed E-state index contributed by atoms with van der Waals surface area (Å²) in [7, 11) is 1.31. The number of rotatable bonds is 6. The molecule has 2 unspecified atom stereocenters. The second-order valence-electron chi connectivity index (χ2n) is 9.79. The monoisotopic (exact) mass is 623 g/mol. The van der Waals surface area contributed by atoms with Gasteiger partial charge in [0.25, 0.3) is 11.8 Å². The van der Waals surface area contributed by atoms with E-state index in [0.29, 0.717) is 36.6 Å². The Morgan fingerprint density at radius 2 is 1.68 bits per heavy atom. The van der Waals surface area contributed by atoms with Crippen LogP contribution in [0.15, 0.2) is 53.7 Å². The van der Waals surface area contributed by atoms with Crippen molar-refractivity contribution in [2.75, 3.05) is 31.0 Å². The molecule has 2 atom stereocenters. The van der Waals surface area contributed by atoms with E-state index in [1.165, 1.54) is 19.2 Å². The number of ether oxygens (including phenoxy) is 4. The van der Waals surface area contributed by atoms with E-state index in [-0.39, 0.29) is 29.0 Å². The zero-order valence-corrected chi connectivity index (χ0v) is 22.3. The van der Waals surface area contributed by atoms with Gasteiger partial charge >= 0.3 is 12.5 Å². The van der Waals surface area contributed by atoms with Gasteiger partial charge in [-0.3, -0.25) is 9.59 Å². The fraction of sp³-hybridized carbons (Fsp3) is 0.250. The summed E-state index contributed by atoms with van der Waals surface area (Å²) >= 11 is 0. The quantitative estimate of drug-likeness (QED) is 0.352. The summed E-state index contributed by atoms with van der Waals surface area (Å²) in [5.74, 6) is -4.76. The maximum absolute atomic E-state index is 13.8. The first-order valence-electron chi connectivity index (χ1n) is 12.8. The van der Waals surface area contributed by atoms with Crippen LogP contribution >= 0.6 is 0 Å². The smallest absolute Gasteiger partial charge is 0.496 e. The Kier molecular flexibility index (Phi) is 7.02. The highest BCUT2D eigenvalue weighted by molar-refractivity contribution is 6.14. The molecule has 0 bridgehead atoms. The molecule has 0 aromatic heterocycles. The number of carbonyl (C=O) groups excluding carboxylic acids is 2. The Morgan fingerprint density at radius 3 is 2.41 bits per heavy atom. The number of nitrogens with zero attached hydrogens (tertiary/aromatic N) is 1. The molecule has 44 heavy (non-hydrogen) atoms. The van der Waals surface area contributed by atoms with E-state index < -0.39 is 58.4 Å². The number of fused-ring (bicyclic) bond motifs is 2. The second kappa shape index (κ2) is 10.6. The van der Waals surface area contributed by atoms with E-state index >= 15 is 0 Å². The van der Waals surface area contributed by atoms with Crippen LogP contribution in [0.3, 0.4) is 0 Å². The van der Waals surface area contributed by atoms with Gasteiger partial charge in [-0.25, -0.2) is 4.39 Å². The summed E-state index contributed by atoms with van der Waals surface area (Å²) in [6.45, 7) is 0.709. The number of amides is 2. The summed E-state index contributed by atoms with van der Waals surface area (Å²) in [4.78, 5) is 32.2. The lowest BCUT2D eigenvalue weighted by Crippen LogP contribution is -2.25. The number of alkyl halides is 5. The third-order valence-electron chi connectivity index (χ3n) is 6.97. The minimum Gasteiger partial charge on any atom is -0.496 e. The molecule has 3 aromatic carbocycles. The van der Waals surface area contributed by atoms with E-state index in [1.54, 1.807) is 6.07 Å². The second-order valence-corrected chi connectivity index (χ2v) is 9.79. The molecule has 3 aliphatic heterocycles. The molecule has 1 fully saturated rings. The molecule has 0 aliphatic carbocycles. The van der Waals surface area contributed by atoms with Crippen molar-refractivity contribution >= 4 is 28.9 Å². The lowest BCUT2D eigenvalue weighted by Gasteiger charge is -2.16. The van der Waals surface area contributed by atoms with Crippen LogP contribution < -0.4 is 24.8 Å². The minimum absolute atomic E-state index is 0.0437. The third kappa shape index (κ3) is 5.43. The zero-order chi connectivity index (χ0) is 31.4. The third-order valence-corrected chi connectivity index (χ3v) is 6.97.